The molecular formula is C16H18N2O3. The number of nitrogens with one attached hydrogen (secondary N) is 1. The Morgan fingerprint density at radius 2 is 1.76 bits per heavy atom. The first-order valence-corrected chi connectivity index (χ1v) is 6.60. The first-order valence-electron chi connectivity index (χ1n) is 6.60. The highest BCUT2D eigenvalue weighted by molar-refractivity contribution is 5.93. The lowest BCUT2D eigenvalue weighted by Gasteiger charge is -2.11. The number of hydrogen-bond acceptors (Lipinski definition) is 4. The fourth-order valence-corrected chi connectivity index (χ4v) is 1.85. The quantitative estimate of drug-likeness (QED) is 0.766. The third-order valence-electron chi connectivity index (χ3n) is 2.93. The molecule has 0 radical (unpaired) electrons. The van der Waals surface area contributed by atoms with E-state index in [2.05, 4.69) is 5.32 Å². The van der Waals surface area contributed by atoms with E-state index in [1.807, 2.05) is 36.4 Å². The van der Waals surface area contributed by atoms with E-state index in [1.54, 1.807) is 19.2 Å². The van der Waals surface area contributed by atoms with Crippen LogP contribution in [0.1, 0.15) is 10.4 Å². The summed E-state index contributed by atoms with van der Waals surface area (Å²) in [5.41, 5.74) is 6.58. The standard InChI is InChI=1S/C16H18N2O3/c1-20-14-4-2-3-5-15(14)21-11-10-18-13-8-6-12(7-9-13)16(17)19/h2-9,18H,10-11H2,1H3,(H2,17,19). The highest BCUT2D eigenvalue weighted by atomic mass is 16.5. The maximum absolute atomic E-state index is 11.0. The molecule has 0 bridgehead atoms. The van der Waals surface area contributed by atoms with E-state index < -0.39 is 5.91 Å². The summed E-state index contributed by atoms with van der Waals surface area (Å²) in [4.78, 5) is 11.0. The van der Waals surface area contributed by atoms with Crippen molar-refractivity contribution in [3.8, 4) is 11.5 Å². The van der Waals surface area contributed by atoms with Crippen LogP contribution in [0.3, 0.4) is 0 Å². The van der Waals surface area contributed by atoms with E-state index in [0.717, 1.165) is 5.69 Å². The molecule has 0 heterocycles. The zero-order chi connectivity index (χ0) is 15.1. The number of primary amides is 1. The lowest BCUT2D eigenvalue weighted by Crippen LogP contribution is -2.13. The largest absolute Gasteiger partial charge is 0.493 e. The molecule has 0 unspecified atom stereocenters. The Kier molecular flexibility index (Phi) is 5.04. The van der Waals surface area contributed by atoms with Gasteiger partial charge in [-0.2, -0.15) is 0 Å². The molecular weight excluding hydrogens is 268 g/mol. The van der Waals surface area contributed by atoms with Gasteiger partial charge in [-0.05, 0) is 36.4 Å². The molecule has 21 heavy (non-hydrogen) atoms. The molecule has 0 aliphatic carbocycles. The minimum atomic E-state index is -0.430. The van der Waals surface area contributed by atoms with E-state index >= 15 is 0 Å². The molecule has 0 aliphatic heterocycles. The van der Waals surface area contributed by atoms with Crippen LogP contribution < -0.4 is 20.5 Å². The van der Waals surface area contributed by atoms with Crippen molar-refractivity contribution in [2.75, 3.05) is 25.6 Å². The van der Waals surface area contributed by atoms with Gasteiger partial charge in [-0.25, -0.2) is 0 Å². The highest BCUT2D eigenvalue weighted by Gasteiger charge is 2.02. The van der Waals surface area contributed by atoms with Crippen LogP contribution in [0.2, 0.25) is 0 Å². The van der Waals surface area contributed by atoms with E-state index in [0.29, 0.717) is 30.2 Å². The maximum Gasteiger partial charge on any atom is 0.248 e. The molecule has 2 aromatic rings. The monoisotopic (exact) mass is 286 g/mol. The molecule has 5 heteroatoms. The summed E-state index contributed by atoms with van der Waals surface area (Å²) in [5, 5.41) is 3.20. The van der Waals surface area contributed by atoms with Gasteiger partial charge >= 0.3 is 0 Å². The van der Waals surface area contributed by atoms with Crippen LogP contribution in [0.4, 0.5) is 5.69 Å². The Morgan fingerprint density at radius 1 is 1.10 bits per heavy atom. The summed E-state index contributed by atoms with van der Waals surface area (Å²) < 4.78 is 10.9. The molecule has 3 N–H and O–H groups in total. The average Bonchev–Trinajstić information content (AvgIpc) is 2.52. The van der Waals surface area contributed by atoms with Crippen LogP contribution in [-0.4, -0.2) is 26.2 Å². The number of ether oxygens (including phenoxy) is 2. The minimum Gasteiger partial charge on any atom is -0.493 e. The van der Waals surface area contributed by atoms with Crippen molar-refractivity contribution in [1.29, 1.82) is 0 Å². The second-order valence-electron chi connectivity index (χ2n) is 4.37. The predicted octanol–water partition coefficient (Wildman–Crippen LogP) is 2.29. The van der Waals surface area contributed by atoms with E-state index in [-0.39, 0.29) is 0 Å². The molecule has 2 rings (SSSR count). The van der Waals surface area contributed by atoms with Crippen molar-refractivity contribution in [3.05, 3.63) is 54.1 Å². The van der Waals surface area contributed by atoms with Gasteiger partial charge in [0.2, 0.25) is 5.91 Å². The first-order chi connectivity index (χ1) is 10.2. The van der Waals surface area contributed by atoms with Crippen LogP contribution in [-0.2, 0) is 0 Å². The molecule has 0 aliphatic rings. The molecule has 110 valence electrons. The number of anilines is 1. The number of amides is 1. The number of rotatable bonds is 7. The van der Waals surface area contributed by atoms with Crippen molar-refractivity contribution >= 4 is 11.6 Å². The van der Waals surface area contributed by atoms with Gasteiger partial charge < -0.3 is 20.5 Å². The number of para-hydroxylation sites is 2. The van der Waals surface area contributed by atoms with Crippen molar-refractivity contribution in [2.24, 2.45) is 5.73 Å². The molecule has 0 saturated heterocycles. The number of methoxy groups -OCH3 is 1. The Hall–Kier alpha value is -2.69. The summed E-state index contributed by atoms with van der Waals surface area (Å²) in [5.74, 6) is 0.996. The number of carbonyl (C=O) groups is 1. The zero-order valence-electron chi connectivity index (χ0n) is 11.8. The molecule has 0 aromatic heterocycles. The molecule has 1 amide bonds. The average molecular weight is 286 g/mol. The van der Waals surface area contributed by atoms with Gasteiger partial charge in [0.25, 0.3) is 0 Å². The summed E-state index contributed by atoms with van der Waals surface area (Å²) in [6, 6.07) is 14.5. The SMILES string of the molecule is COc1ccccc1OCCNc1ccc(C(N)=O)cc1. The topological polar surface area (TPSA) is 73.6 Å². The number of benzene rings is 2. The zero-order valence-corrected chi connectivity index (χ0v) is 11.8. The third-order valence-corrected chi connectivity index (χ3v) is 2.93. The summed E-state index contributed by atoms with van der Waals surface area (Å²) in [6.45, 7) is 1.13. The highest BCUT2D eigenvalue weighted by Crippen LogP contribution is 2.25. The van der Waals surface area contributed by atoms with Crippen molar-refractivity contribution in [2.45, 2.75) is 0 Å². The van der Waals surface area contributed by atoms with Crippen molar-refractivity contribution in [1.82, 2.24) is 0 Å². The number of nitrogens with two attached hydrogens (primary N) is 1. The summed E-state index contributed by atoms with van der Waals surface area (Å²) in [6.07, 6.45) is 0. The molecule has 0 fully saturated rings. The summed E-state index contributed by atoms with van der Waals surface area (Å²) >= 11 is 0. The van der Waals surface area contributed by atoms with Gasteiger partial charge in [0.15, 0.2) is 11.5 Å². The Bertz CT molecular complexity index is 597. The van der Waals surface area contributed by atoms with Crippen LogP contribution in [0.5, 0.6) is 11.5 Å². The normalized spacial score (nSPS) is 9.95. The molecule has 2 aromatic carbocycles. The third kappa shape index (κ3) is 4.14. The second-order valence-corrected chi connectivity index (χ2v) is 4.37. The number of hydrogen-bond donors (Lipinski definition) is 2. The molecule has 0 saturated carbocycles. The van der Waals surface area contributed by atoms with Crippen LogP contribution in [0, 0.1) is 0 Å². The van der Waals surface area contributed by atoms with Crippen molar-refractivity contribution in [3.63, 3.8) is 0 Å². The Labute approximate surface area is 123 Å². The van der Waals surface area contributed by atoms with Crippen LogP contribution >= 0.6 is 0 Å². The first kappa shape index (κ1) is 14.7. The van der Waals surface area contributed by atoms with Gasteiger partial charge in [0.05, 0.1) is 7.11 Å². The van der Waals surface area contributed by atoms with Crippen molar-refractivity contribution < 1.29 is 14.3 Å². The second kappa shape index (κ2) is 7.19. The smallest absolute Gasteiger partial charge is 0.248 e. The van der Waals surface area contributed by atoms with Gasteiger partial charge in [-0.1, -0.05) is 12.1 Å². The molecule has 5 nitrogen and oxygen atoms in total. The fraction of sp³-hybridized carbons (Fsp3) is 0.188. The van der Waals surface area contributed by atoms with Gasteiger partial charge in [0, 0.05) is 17.8 Å². The lowest BCUT2D eigenvalue weighted by atomic mass is 10.2. The maximum atomic E-state index is 11.0. The fourth-order valence-electron chi connectivity index (χ4n) is 1.85. The van der Waals surface area contributed by atoms with E-state index in [4.69, 9.17) is 15.2 Å². The Balaban J connectivity index is 1.80. The van der Waals surface area contributed by atoms with Gasteiger partial charge in [0.1, 0.15) is 6.61 Å². The summed E-state index contributed by atoms with van der Waals surface area (Å²) in [7, 11) is 1.61. The van der Waals surface area contributed by atoms with Crippen LogP contribution in [0.15, 0.2) is 48.5 Å². The van der Waals surface area contributed by atoms with Gasteiger partial charge in [-0.3, -0.25) is 4.79 Å². The van der Waals surface area contributed by atoms with E-state index in [1.165, 1.54) is 0 Å². The van der Waals surface area contributed by atoms with E-state index in [9.17, 15) is 4.79 Å². The minimum absolute atomic E-state index is 0.430. The van der Waals surface area contributed by atoms with Gasteiger partial charge in [-0.15, -0.1) is 0 Å². The number of carbonyl (C=O) groups excluding carboxylic acids is 1. The lowest BCUT2D eigenvalue weighted by molar-refractivity contribution is 0.100. The molecule has 0 spiro atoms. The predicted molar refractivity (Wildman–Crippen MR) is 81.9 cm³/mol. The molecule has 0 atom stereocenters. The Morgan fingerprint density at radius 3 is 2.38 bits per heavy atom. The van der Waals surface area contributed by atoms with Crippen LogP contribution in [0.25, 0.3) is 0 Å².